The van der Waals surface area contributed by atoms with E-state index in [1.54, 1.807) is 0 Å². The number of hydroxylamine groups is 2. The molecular weight excluding hydrogens is 286 g/mol. The molecule has 1 atom stereocenters. The second-order valence-corrected chi connectivity index (χ2v) is 7.78. The van der Waals surface area contributed by atoms with Gasteiger partial charge in [0.25, 0.3) is 0 Å². The van der Waals surface area contributed by atoms with Crippen LogP contribution in [0.2, 0.25) is 0 Å². The number of nitrogens with zero attached hydrogens (tertiary/aromatic N) is 1. The summed E-state index contributed by atoms with van der Waals surface area (Å²) in [6.45, 7) is 6.54. The first-order valence-corrected chi connectivity index (χ1v) is 9.64. The first kappa shape index (κ1) is 17.0. The summed E-state index contributed by atoms with van der Waals surface area (Å²) in [5.74, 6) is 1.09. The van der Waals surface area contributed by atoms with E-state index >= 15 is 0 Å². The van der Waals surface area contributed by atoms with E-state index in [2.05, 4.69) is 31.1 Å². The van der Waals surface area contributed by atoms with Crippen LogP contribution < -0.4 is 0 Å². The van der Waals surface area contributed by atoms with E-state index in [9.17, 15) is 0 Å². The van der Waals surface area contributed by atoms with Crippen molar-refractivity contribution < 1.29 is 9.57 Å². The van der Waals surface area contributed by atoms with Crippen molar-refractivity contribution in [2.24, 2.45) is 0 Å². The Labute approximate surface area is 141 Å². The quantitative estimate of drug-likeness (QED) is 0.716. The Morgan fingerprint density at radius 2 is 1.65 bits per heavy atom. The fourth-order valence-corrected chi connectivity index (χ4v) is 4.06. The molecule has 1 unspecified atom stereocenters. The van der Waals surface area contributed by atoms with Gasteiger partial charge >= 0.3 is 0 Å². The molecule has 0 bridgehead atoms. The molecule has 0 spiro atoms. The molecule has 3 heteroatoms. The molecule has 0 amide bonds. The van der Waals surface area contributed by atoms with Gasteiger partial charge in [0.2, 0.25) is 0 Å². The van der Waals surface area contributed by atoms with Crippen LogP contribution in [-0.4, -0.2) is 29.9 Å². The van der Waals surface area contributed by atoms with E-state index in [1.165, 1.54) is 63.4 Å². The highest BCUT2D eigenvalue weighted by Crippen LogP contribution is 2.33. The molecule has 23 heavy (non-hydrogen) atoms. The summed E-state index contributed by atoms with van der Waals surface area (Å²) in [7, 11) is 0. The van der Waals surface area contributed by atoms with Crippen LogP contribution >= 0.6 is 0 Å². The highest BCUT2D eigenvalue weighted by molar-refractivity contribution is 5.29. The lowest BCUT2D eigenvalue weighted by Gasteiger charge is -2.36. The standard InChI is InChI=1S/C20H33NO2/c1-17-16-20(2,23-21-14-8-3-4-9-15-21)13-12-19(17)22-18-10-6-5-7-11-18/h12-13,18H,3-11,14-16H2,1-2H3. The Balaban J connectivity index is 1.56. The van der Waals surface area contributed by atoms with Gasteiger partial charge in [-0.3, -0.25) is 4.84 Å². The summed E-state index contributed by atoms with van der Waals surface area (Å²) in [6, 6.07) is 0. The van der Waals surface area contributed by atoms with Gasteiger partial charge in [0, 0.05) is 19.5 Å². The molecule has 0 aromatic carbocycles. The predicted molar refractivity (Wildman–Crippen MR) is 93.9 cm³/mol. The van der Waals surface area contributed by atoms with Crippen molar-refractivity contribution in [1.29, 1.82) is 0 Å². The Morgan fingerprint density at radius 3 is 2.30 bits per heavy atom. The smallest absolute Gasteiger partial charge is 0.118 e. The van der Waals surface area contributed by atoms with Crippen LogP contribution in [0.5, 0.6) is 0 Å². The highest BCUT2D eigenvalue weighted by Gasteiger charge is 2.31. The number of ether oxygens (including phenoxy) is 1. The van der Waals surface area contributed by atoms with Crippen LogP contribution in [0, 0.1) is 0 Å². The molecule has 3 rings (SSSR count). The van der Waals surface area contributed by atoms with Gasteiger partial charge in [-0.2, -0.15) is 5.06 Å². The lowest BCUT2D eigenvalue weighted by atomic mass is 9.91. The second-order valence-electron chi connectivity index (χ2n) is 7.78. The van der Waals surface area contributed by atoms with Gasteiger partial charge in [-0.1, -0.05) is 19.3 Å². The Kier molecular flexibility index (Phi) is 5.81. The van der Waals surface area contributed by atoms with E-state index < -0.39 is 0 Å². The minimum Gasteiger partial charge on any atom is -0.491 e. The maximum absolute atomic E-state index is 6.37. The van der Waals surface area contributed by atoms with Gasteiger partial charge in [0.15, 0.2) is 0 Å². The van der Waals surface area contributed by atoms with E-state index in [0.29, 0.717) is 6.10 Å². The molecule has 0 N–H and O–H groups in total. The third-order valence-electron chi connectivity index (χ3n) is 5.37. The number of hydrogen-bond acceptors (Lipinski definition) is 3. The SMILES string of the molecule is CC1=C(OC2CCCCC2)C=CC(C)(ON2CCCCCC2)C1. The predicted octanol–water partition coefficient (Wildman–Crippen LogP) is 5.14. The summed E-state index contributed by atoms with van der Waals surface area (Å²) < 4.78 is 6.27. The molecule has 130 valence electrons. The van der Waals surface area contributed by atoms with Crippen molar-refractivity contribution in [3.8, 4) is 0 Å². The van der Waals surface area contributed by atoms with Gasteiger partial charge in [-0.15, -0.1) is 0 Å². The zero-order chi connectivity index (χ0) is 16.1. The van der Waals surface area contributed by atoms with Gasteiger partial charge in [-0.25, -0.2) is 0 Å². The molecule has 0 aromatic heterocycles. The van der Waals surface area contributed by atoms with E-state index in [4.69, 9.17) is 9.57 Å². The van der Waals surface area contributed by atoms with Gasteiger partial charge < -0.3 is 4.74 Å². The monoisotopic (exact) mass is 319 g/mol. The summed E-state index contributed by atoms with van der Waals surface area (Å²) in [6.07, 6.45) is 17.3. The summed E-state index contributed by atoms with van der Waals surface area (Å²) in [5.41, 5.74) is 1.11. The van der Waals surface area contributed by atoms with Crippen molar-refractivity contribution in [2.45, 2.75) is 89.8 Å². The molecule has 1 saturated carbocycles. The average molecular weight is 319 g/mol. The number of allylic oxidation sites excluding steroid dienone is 1. The molecule has 3 nitrogen and oxygen atoms in total. The topological polar surface area (TPSA) is 21.7 Å². The van der Waals surface area contributed by atoms with Crippen LogP contribution in [0.3, 0.4) is 0 Å². The number of hydrogen-bond donors (Lipinski definition) is 0. The van der Waals surface area contributed by atoms with Crippen LogP contribution in [0.4, 0.5) is 0 Å². The van der Waals surface area contributed by atoms with Crippen LogP contribution in [0.15, 0.2) is 23.5 Å². The average Bonchev–Trinajstić information content (AvgIpc) is 2.80. The maximum Gasteiger partial charge on any atom is 0.118 e. The molecule has 2 aliphatic carbocycles. The van der Waals surface area contributed by atoms with Crippen molar-refractivity contribution in [3.05, 3.63) is 23.5 Å². The van der Waals surface area contributed by atoms with Crippen molar-refractivity contribution in [3.63, 3.8) is 0 Å². The van der Waals surface area contributed by atoms with Crippen LogP contribution in [0.1, 0.15) is 78.1 Å². The maximum atomic E-state index is 6.37. The fourth-order valence-electron chi connectivity index (χ4n) is 4.06. The molecule has 0 aromatic rings. The summed E-state index contributed by atoms with van der Waals surface area (Å²) >= 11 is 0. The third kappa shape index (κ3) is 4.84. The Bertz CT molecular complexity index is 443. The van der Waals surface area contributed by atoms with E-state index in [1.807, 2.05) is 0 Å². The lowest BCUT2D eigenvalue weighted by molar-refractivity contribution is -0.222. The van der Waals surface area contributed by atoms with E-state index in [0.717, 1.165) is 25.3 Å². The van der Waals surface area contributed by atoms with Crippen molar-refractivity contribution >= 4 is 0 Å². The van der Waals surface area contributed by atoms with Crippen molar-refractivity contribution in [1.82, 2.24) is 5.06 Å². The van der Waals surface area contributed by atoms with Gasteiger partial charge in [-0.05, 0) is 70.1 Å². The third-order valence-corrected chi connectivity index (χ3v) is 5.37. The molecule has 3 aliphatic rings. The van der Waals surface area contributed by atoms with Crippen molar-refractivity contribution in [2.75, 3.05) is 13.1 Å². The molecule has 1 heterocycles. The van der Waals surface area contributed by atoms with Gasteiger partial charge in [0.05, 0.1) is 6.10 Å². The number of rotatable bonds is 4. The Morgan fingerprint density at radius 1 is 1.00 bits per heavy atom. The minimum absolute atomic E-state index is 0.214. The van der Waals surface area contributed by atoms with E-state index in [-0.39, 0.29) is 5.60 Å². The summed E-state index contributed by atoms with van der Waals surface area (Å²) in [4.78, 5) is 6.37. The normalized spacial score (nSPS) is 31.2. The molecule has 2 fully saturated rings. The molecule has 0 radical (unpaired) electrons. The molecule has 1 aliphatic heterocycles. The lowest BCUT2D eigenvalue weighted by Crippen LogP contribution is -2.39. The first-order valence-electron chi connectivity index (χ1n) is 9.64. The van der Waals surface area contributed by atoms with Crippen LogP contribution in [-0.2, 0) is 9.57 Å². The Hall–Kier alpha value is -0.800. The molecular formula is C20H33NO2. The second kappa shape index (κ2) is 7.85. The fraction of sp³-hybridized carbons (Fsp3) is 0.800. The summed E-state index contributed by atoms with van der Waals surface area (Å²) in [5, 5.41) is 2.19. The van der Waals surface area contributed by atoms with Crippen LogP contribution in [0.25, 0.3) is 0 Å². The van der Waals surface area contributed by atoms with Gasteiger partial charge in [0.1, 0.15) is 11.4 Å². The first-order chi connectivity index (χ1) is 11.1. The zero-order valence-corrected chi connectivity index (χ0v) is 15.0. The highest BCUT2D eigenvalue weighted by atomic mass is 16.7. The molecule has 1 saturated heterocycles. The minimum atomic E-state index is -0.214. The largest absolute Gasteiger partial charge is 0.491 e. The zero-order valence-electron chi connectivity index (χ0n) is 15.0.